The van der Waals surface area contributed by atoms with E-state index < -0.39 is 0 Å². The van der Waals surface area contributed by atoms with Gasteiger partial charge in [0.1, 0.15) is 5.76 Å². The largest absolute Gasteiger partial charge is 0.467 e. The van der Waals surface area contributed by atoms with Crippen LogP contribution in [-0.2, 0) is 13.1 Å². The van der Waals surface area contributed by atoms with Gasteiger partial charge in [0, 0.05) is 24.3 Å². The topological polar surface area (TPSA) is 43.0 Å². The smallest absolute Gasteiger partial charge is 0.129 e. The summed E-state index contributed by atoms with van der Waals surface area (Å²) < 4.78 is 7.41. The van der Waals surface area contributed by atoms with Crippen molar-refractivity contribution in [2.45, 2.75) is 39.9 Å². The van der Waals surface area contributed by atoms with Crippen molar-refractivity contribution in [1.82, 2.24) is 15.1 Å². The molecule has 0 amide bonds. The minimum absolute atomic E-state index is 0.477. The molecule has 0 aliphatic carbocycles. The summed E-state index contributed by atoms with van der Waals surface area (Å²) in [5.74, 6) is 0.973. The Hall–Kier alpha value is -1.55. The molecule has 4 nitrogen and oxygen atoms in total. The molecule has 92 valence electrons. The molecule has 2 rings (SSSR count). The summed E-state index contributed by atoms with van der Waals surface area (Å²) in [5.41, 5.74) is 2.37. The number of rotatable bonds is 5. The molecule has 2 heterocycles. The van der Waals surface area contributed by atoms with Crippen molar-refractivity contribution in [3.05, 3.63) is 41.6 Å². The van der Waals surface area contributed by atoms with Crippen LogP contribution < -0.4 is 5.32 Å². The number of aromatic nitrogens is 2. The third-order valence-corrected chi connectivity index (χ3v) is 2.61. The highest BCUT2D eigenvalue weighted by molar-refractivity contribution is 5.17. The van der Waals surface area contributed by atoms with Crippen molar-refractivity contribution in [3.8, 4) is 0 Å². The Balaban J connectivity index is 2.03. The van der Waals surface area contributed by atoms with Crippen LogP contribution in [0.1, 0.15) is 30.7 Å². The van der Waals surface area contributed by atoms with Crippen LogP contribution in [0.25, 0.3) is 0 Å². The van der Waals surface area contributed by atoms with Crippen LogP contribution in [0.2, 0.25) is 0 Å². The van der Waals surface area contributed by atoms with E-state index in [2.05, 4.69) is 24.3 Å². The Labute approximate surface area is 102 Å². The Morgan fingerprint density at radius 3 is 2.94 bits per heavy atom. The van der Waals surface area contributed by atoms with E-state index in [0.29, 0.717) is 12.6 Å². The average Bonchev–Trinajstić information content (AvgIpc) is 2.86. The van der Waals surface area contributed by atoms with Crippen LogP contribution in [0, 0.1) is 6.92 Å². The number of nitrogens with one attached hydrogen (secondary N) is 1. The van der Waals surface area contributed by atoms with E-state index in [4.69, 9.17) is 4.42 Å². The minimum Gasteiger partial charge on any atom is -0.467 e. The molecule has 0 atom stereocenters. The van der Waals surface area contributed by atoms with Gasteiger partial charge >= 0.3 is 0 Å². The fraction of sp³-hybridized carbons (Fsp3) is 0.462. The predicted molar refractivity (Wildman–Crippen MR) is 66.7 cm³/mol. The molecule has 0 aliphatic heterocycles. The maximum Gasteiger partial charge on any atom is 0.129 e. The molecule has 0 radical (unpaired) electrons. The highest BCUT2D eigenvalue weighted by atomic mass is 16.3. The SMILES string of the molecule is Cc1cnn(Cc2occc2CNC(C)C)c1. The number of nitrogens with zero attached hydrogens (tertiary/aromatic N) is 2. The Kier molecular flexibility index (Phi) is 3.64. The second kappa shape index (κ2) is 5.19. The fourth-order valence-electron chi connectivity index (χ4n) is 1.68. The second-order valence-electron chi connectivity index (χ2n) is 4.62. The van der Waals surface area contributed by atoms with Crippen LogP contribution in [0.3, 0.4) is 0 Å². The van der Waals surface area contributed by atoms with Crippen molar-refractivity contribution in [2.24, 2.45) is 0 Å². The highest BCUT2D eigenvalue weighted by Gasteiger charge is 2.08. The van der Waals surface area contributed by atoms with Gasteiger partial charge in [-0.15, -0.1) is 0 Å². The maximum atomic E-state index is 5.51. The number of furan rings is 1. The van der Waals surface area contributed by atoms with Gasteiger partial charge in [0.15, 0.2) is 0 Å². The van der Waals surface area contributed by atoms with E-state index in [0.717, 1.165) is 12.3 Å². The minimum atomic E-state index is 0.477. The molecular weight excluding hydrogens is 214 g/mol. The molecular formula is C13H19N3O. The van der Waals surface area contributed by atoms with Crippen molar-refractivity contribution in [1.29, 1.82) is 0 Å². The third kappa shape index (κ3) is 3.20. The second-order valence-corrected chi connectivity index (χ2v) is 4.62. The van der Waals surface area contributed by atoms with Gasteiger partial charge < -0.3 is 9.73 Å². The first-order chi connectivity index (χ1) is 8.15. The van der Waals surface area contributed by atoms with E-state index in [-0.39, 0.29) is 0 Å². The molecule has 2 aromatic rings. The van der Waals surface area contributed by atoms with E-state index in [1.165, 1.54) is 11.1 Å². The van der Waals surface area contributed by atoms with E-state index >= 15 is 0 Å². The fourth-order valence-corrected chi connectivity index (χ4v) is 1.68. The number of aryl methyl sites for hydroxylation is 1. The monoisotopic (exact) mass is 233 g/mol. The van der Waals surface area contributed by atoms with Crippen LogP contribution in [-0.4, -0.2) is 15.8 Å². The summed E-state index contributed by atoms with van der Waals surface area (Å²) in [4.78, 5) is 0. The molecule has 0 saturated heterocycles. The normalized spacial score (nSPS) is 11.3. The third-order valence-electron chi connectivity index (χ3n) is 2.61. The van der Waals surface area contributed by atoms with E-state index in [1.807, 2.05) is 30.1 Å². The van der Waals surface area contributed by atoms with Gasteiger partial charge in [0.05, 0.1) is 19.0 Å². The summed E-state index contributed by atoms with van der Waals surface area (Å²) >= 11 is 0. The first-order valence-electron chi connectivity index (χ1n) is 5.93. The van der Waals surface area contributed by atoms with Gasteiger partial charge in [-0.3, -0.25) is 4.68 Å². The zero-order valence-corrected chi connectivity index (χ0v) is 10.6. The highest BCUT2D eigenvalue weighted by Crippen LogP contribution is 2.12. The predicted octanol–water partition coefficient (Wildman–Crippen LogP) is 2.33. The summed E-state index contributed by atoms with van der Waals surface area (Å²) in [6.07, 6.45) is 5.61. The molecule has 17 heavy (non-hydrogen) atoms. The van der Waals surface area contributed by atoms with Gasteiger partial charge in [0.2, 0.25) is 0 Å². The lowest BCUT2D eigenvalue weighted by atomic mass is 10.2. The van der Waals surface area contributed by atoms with Gasteiger partial charge in [-0.25, -0.2) is 0 Å². The summed E-state index contributed by atoms with van der Waals surface area (Å²) in [6.45, 7) is 7.83. The van der Waals surface area contributed by atoms with Gasteiger partial charge in [-0.2, -0.15) is 5.10 Å². The quantitative estimate of drug-likeness (QED) is 0.862. The molecule has 0 spiro atoms. The van der Waals surface area contributed by atoms with Crippen molar-refractivity contribution in [2.75, 3.05) is 0 Å². The summed E-state index contributed by atoms with van der Waals surface area (Å²) in [6, 6.07) is 2.49. The molecule has 0 aromatic carbocycles. The standard InChI is InChI=1S/C13H19N3O/c1-10(2)14-7-12-4-5-17-13(12)9-16-8-11(3)6-15-16/h4-6,8,10,14H,7,9H2,1-3H3. The Morgan fingerprint density at radius 1 is 1.47 bits per heavy atom. The maximum absolute atomic E-state index is 5.51. The molecule has 0 bridgehead atoms. The summed E-state index contributed by atoms with van der Waals surface area (Å²) in [5, 5.41) is 7.65. The molecule has 0 aliphatic rings. The molecule has 0 unspecified atom stereocenters. The van der Waals surface area contributed by atoms with Crippen LogP contribution in [0.15, 0.2) is 29.1 Å². The summed E-state index contributed by atoms with van der Waals surface area (Å²) in [7, 11) is 0. The Morgan fingerprint density at radius 2 is 2.29 bits per heavy atom. The van der Waals surface area contributed by atoms with Crippen molar-refractivity contribution in [3.63, 3.8) is 0 Å². The zero-order valence-electron chi connectivity index (χ0n) is 10.6. The molecule has 0 saturated carbocycles. The molecule has 2 aromatic heterocycles. The lowest BCUT2D eigenvalue weighted by Gasteiger charge is -2.08. The molecule has 1 N–H and O–H groups in total. The van der Waals surface area contributed by atoms with E-state index in [1.54, 1.807) is 6.26 Å². The van der Waals surface area contributed by atoms with Crippen LogP contribution in [0.4, 0.5) is 0 Å². The molecule has 4 heteroatoms. The van der Waals surface area contributed by atoms with Gasteiger partial charge in [0.25, 0.3) is 0 Å². The number of hydrogen-bond donors (Lipinski definition) is 1. The number of hydrogen-bond acceptors (Lipinski definition) is 3. The first-order valence-corrected chi connectivity index (χ1v) is 5.93. The van der Waals surface area contributed by atoms with Gasteiger partial charge in [-0.05, 0) is 18.6 Å². The lowest BCUT2D eigenvalue weighted by molar-refractivity contribution is 0.470. The average molecular weight is 233 g/mol. The van der Waals surface area contributed by atoms with Crippen LogP contribution in [0.5, 0.6) is 0 Å². The van der Waals surface area contributed by atoms with Crippen molar-refractivity contribution < 1.29 is 4.42 Å². The van der Waals surface area contributed by atoms with Crippen LogP contribution >= 0.6 is 0 Å². The van der Waals surface area contributed by atoms with E-state index in [9.17, 15) is 0 Å². The zero-order chi connectivity index (χ0) is 12.3. The van der Waals surface area contributed by atoms with Gasteiger partial charge in [-0.1, -0.05) is 13.8 Å². The lowest BCUT2D eigenvalue weighted by Crippen LogP contribution is -2.22. The van der Waals surface area contributed by atoms with Crippen molar-refractivity contribution >= 4 is 0 Å². The first kappa shape index (κ1) is 11.9. The Bertz CT molecular complexity index is 470. The molecule has 0 fully saturated rings.